The maximum absolute atomic E-state index is 11.4. The number of nitrogens with zero attached hydrogens (tertiary/aromatic N) is 2. The van der Waals surface area contributed by atoms with Crippen molar-refractivity contribution in [2.75, 3.05) is 6.61 Å². The van der Waals surface area contributed by atoms with E-state index in [1.54, 1.807) is 17.7 Å². The van der Waals surface area contributed by atoms with Crippen molar-refractivity contribution in [1.29, 1.82) is 0 Å². The Morgan fingerprint density at radius 2 is 2.35 bits per heavy atom. The molecule has 0 saturated carbocycles. The maximum atomic E-state index is 11.4. The molecule has 2 aliphatic rings. The van der Waals surface area contributed by atoms with Gasteiger partial charge in [-0.25, -0.2) is 0 Å². The molecule has 3 heterocycles. The van der Waals surface area contributed by atoms with Gasteiger partial charge in [-0.15, -0.1) is 0 Å². The third-order valence-electron chi connectivity index (χ3n) is 3.10. The Bertz CT molecular complexity index is 514. The first-order chi connectivity index (χ1) is 8.11. The van der Waals surface area contributed by atoms with E-state index >= 15 is 0 Å². The van der Waals surface area contributed by atoms with Gasteiger partial charge in [0, 0.05) is 11.8 Å². The summed E-state index contributed by atoms with van der Waals surface area (Å²) in [6.07, 6.45) is -1.17. The summed E-state index contributed by atoms with van der Waals surface area (Å²) in [5.74, 6) is 0. The third-order valence-corrected chi connectivity index (χ3v) is 3.10. The maximum Gasteiger partial charge on any atom is 0.302 e. The van der Waals surface area contributed by atoms with Crippen LogP contribution in [0.3, 0.4) is 0 Å². The second-order valence-corrected chi connectivity index (χ2v) is 4.24. The number of ether oxygens (including phenoxy) is 2. The summed E-state index contributed by atoms with van der Waals surface area (Å²) in [5.41, 5.74) is 0.118. The van der Waals surface area contributed by atoms with Gasteiger partial charge in [0.05, 0.1) is 6.61 Å². The molecular weight excluding hydrogens is 228 g/mol. The highest BCUT2D eigenvalue weighted by Crippen LogP contribution is 2.38. The lowest BCUT2D eigenvalue weighted by atomic mass is 10.1. The van der Waals surface area contributed by atoms with Crippen molar-refractivity contribution in [2.45, 2.75) is 31.5 Å². The van der Waals surface area contributed by atoms with E-state index in [2.05, 4.69) is 4.98 Å². The van der Waals surface area contributed by atoms with Crippen molar-refractivity contribution in [2.24, 2.45) is 0 Å². The molecule has 0 radical (unpaired) electrons. The monoisotopic (exact) mass is 240 g/mol. The van der Waals surface area contributed by atoms with Gasteiger partial charge in [0.2, 0.25) is 0 Å². The van der Waals surface area contributed by atoms with Gasteiger partial charge in [-0.1, -0.05) is 0 Å². The number of aromatic nitrogens is 2. The molecule has 2 N–H and O–H groups in total. The Balaban J connectivity index is 2.02. The van der Waals surface area contributed by atoms with Crippen molar-refractivity contribution in [1.82, 2.24) is 9.55 Å². The Kier molecular flexibility index (Phi) is 2.22. The average Bonchev–Trinajstić information content (AvgIpc) is 2.78. The number of aliphatic hydroxyl groups excluding tert-OH is 2. The molecule has 2 aliphatic heterocycles. The first kappa shape index (κ1) is 10.7. The van der Waals surface area contributed by atoms with Crippen LogP contribution in [0.4, 0.5) is 0 Å². The van der Waals surface area contributed by atoms with E-state index in [9.17, 15) is 9.90 Å². The highest BCUT2D eigenvalue weighted by molar-refractivity contribution is 5.15. The minimum absolute atomic E-state index is 0.144. The third kappa shape index (κ3) is 1.40. The van der Waals surface area contributed by atoms with Crippen LogP contribution >= 0.6 is 0 Å². The van der Waals surface area contributed by atoms with Crippen molar-refractivity contribution in [3.63, 3.8) is 0 Å². The molecule has 1 aromatic rings. The lowest BCUT2D eigenvalue weighted by Gasteiger charge is -2.14. The molecule has 0 bridgehead atoms. The fraction of sp³-hybridized carbons (Fsp3) is 0.600. The van der Waals surface area contributed by atoms with Crippen LogP contribution in [-0.2, 0) is 4.74 Å². The summed E-state index contributed by atoms with van der Waals surface area (Å²) in [4.78, 5) is 15.1. The molecule has 17 heavy (non-hydrogen) atoms. The lowest BCUT2D eigenvalue weighted by molar-refractivity contribution is -0.0435. The molecule has 0 aliphatic carbocycles. The zero-order valence-corrected chi connectivity index (χ0v) is 9.11. The fourth-order valence-corrected chi connectivity index (χ4v) is 2.16. The molecule has 1 aromatic heterocycles. The Morgan fingerprint density at radius 3 is 3.06 bits per heavy atom. The molecule has 1 saturated heterocycles. The predicted molar refractivity (Wildman–Crippen MR) is 54.7 cm³/mol. The predicted octanol–water partition coefficient (Wildman–Crippen LogP) is -1.44. The first-order valence-corrected chi connectivity index (χ1v) is 5.32. The van der Waals surface area contributed by atoms with Gasteiger partial charge in [0.1, 0.15) is 12.2 Å². The van der Waals surface area contributed by atoms with Crippen LogP contribution in [0.15, 0.2) is 11.0 Å². The molecule has 0 amide bonds. The fourth-order valence-electron chi connectivity index (χ4n) is 2.16. The van der Waals surface area contributed by atoms with Crippen molar-refractivity contribution in [3.05, 3.63) is 22.1 Å². The molecular formula is C10H12N2O5. The number of hydrogen-bond acceptors (Lipinski definition) is 6. The number of aliphatic hydroxyl groups is 2. The largest absolute Gasteiger partial charge is 0.453 e. The normalized spacial score (nSPS) is 34.3. The van der Waals surface area contributed by atoms with Gasteiger partial charge in [0.15, 0.2) is 12.3 Å². The highest BCUT2D eigenvalue weighted by Gasteiger charge is 2.50. The summed E-state index contributed by atoms with van der Waals surface area (Å²) < 4.78 is 12.4. The van der Waals surface area contributed by atoms with E-state index in [1.165, 1.54) is 0 Å². The SMILES string of the molecule is Cc1cn2c(nc1=O)O[C@H]1[C@@H](O)[C@H](CO)O[C@@H]12. The van der Waals surface area contributed by atoms with E-state index in [-0.39, 0.29) is 18.2 Å². The number of rotatable bonds is 1. The molecule has 92 valence electrons. The van der Waals surface area contributed by atoms with E-state index in [4.69, 9.17) is 14.6 Å². The van der Waals surface area contributed by atoms with E-state index in [0.717, 1.165) is 0 Å². The zero-order valence-electron chi connectivity index (χ0n) is 9.11. The van der Waals surface area contributed by atoms with Crippen molar-refractivity contribution < 1.29 is 19.7 Å². The second-order valence-electron chi connectivity index (χ2n) is 4.24. The number of fused-ring (bicyclic) bond motifs is 3. The van der Waals surface area contributed by atoms with E-state index in [1.807, 2.05) is 0 Å². The zero-order chi connectivity index (χ0) is 12.2. The Morgan fingerprint density at radius 1 is 1.59 bits per heavy atom. The molecule has 0 spiro atoms. The molecule has 7 nitrogen and oxygen atoms in total. The molecule has 3 rings (SSSR count). The van der Waals surface area contributed by atoms with Crippen LogP contribution in [0.5, 0.6) is 6.01 Å². The summed E-state index contributed by atoms with van der Waals surface area (Å²) >= 11 is 0. The quantitative estimate of drug-likeness (QED) is 0.624. The van der Waals surface area contributed by atoms with Crippen molar-refractivity contribution >= 4 is 0 Å². The topological polar surface area (TPSA) is 93.8 Å². The standard InChI is InChI=1S/C10H12N2O5/c1-4-2-12-9-7(6(14)5(3-13)16-9)17-10(12)11-8(4)15/h2,5-7,9,13-14H,3H2,1H3/t5-,6-,7-,9-/m0/s1. The Labute approximate surface area is 96.2 Å². The van der Waals surface area contributed by atoms with Crippen LogP contribution < -0.4 is 10.3 Å². The molecule has 7 heteroatoms. The first-order valence-electron chi connectivity index (χ1n) is 5.32. The minimum Gasteiger partial charge on any atom is -0.453 e. The number of aryl methyl sites for hydroxylation is 1. The highest BCUT2D eigenvalue weighted by atomic mass is 16.6. The van der Waals surface area contributed by atoms with Crippen molar-refractivity contribution in [3.8, 4) is 6.01 Å². The van der Waals surface area contributed by atoms with Gasteiger partial charge < -0.3 is 19.7 Å². The summed E-state index contributed by atoms with van der Waals surface area (Å²) in [5, 5.41) is 18.9. The molecule has 0 unspecified atom stereocenters. The smallest absolute Gasteiger partial charge is 0.302 e. The van der Waals surface area contributed by atoms with Gasteiger partial charge in [-0.3, -0.25) is 9.36 Å². The second kappa shape index (κ2) is 3.52. The van der Waals surface area contributed by atoms with E-state index < -0.39 is 24.5 Å². The summed E-state index contributed by atoms with van der Waals surface area (Å²) in [6, 6.07) is 0.144. The molecule has 4 atom stereocenters. The Hall–Kier alpha value is -1.44. The van der Waals surface area contributed by atoms with Gasteiger partial charge >= 0.3 is 6.01 Å². The molecule has 0 aromatic carbocycles. The van der Waals surface area contributed by atoms with Gasteiger partial charge in [-0.05, 0) is 6.92 Å². The van der Waals surface area contributed by atoms with Crippen LogP contribution in [0, 0.1) is 6.92 Å². The summed E-state index contributed by atoms with van der Waals surface area (Å²) in [6.45, 7) is 1.37. The minimum atomic E-state index is -0.929. The summed E-state index contributed by atoms with van der Waals surface area (Å²) in [7, 11) is 0. The van der Waals surface area contributed by atoms with Gasteiger partial charge in [-0.2, -0.15) is 4.98 Å². The number of hydrogen-bond donors (Lipinski definition) is 2. The van der Waals surface area contributed by atoms with Crippen LogP contribution in [0.2, 0.25) is 0 Å². The van der Waals surface area contributed by atoms with Crippen LogP contribution in [0.25, 0.3) is 0 Å². The average molecular weight is 240 g/mol. The van der Waals surface area contributed by atoms with Crippen LogP contribution in [0.1, 0.15) is 11.8 Å². The van der Waals surface area contributed by atoms with Gasteiger partial charge in [0.25, 0.3) is 5.56 Å². The lowest BCUT2D eigenvalue weighted by Crippen LogP contribution is -2.34. The van der Waals surface area contributed by atoms with E-state index in [0.29, 0.717) is 5.56 Å². The molecule has 1 fully saturated rings. The van der Waals surface area contributed by atoms with Crippen LogP contribution in [-0.4, -0.2) is 44.7 Å².